The van der Waals surface area contributed by atoms with Crippen LogP contribution in [-0.2, 0) is 4.74 Å². The van der Waals surface area contributed by atoms with Gasteiger partial charge in [-0.15, -0.1) is 0 Å². The molecule has 1 saturated heterocycles. The molecule has 3 heteroatoms. The van der Waals surface area contributed by atoms with Crippen molar-refractivity contribution >= 4 is 0 Å². The fraction of sp³-hybridized carbons (Fsp3) is 0.625. The van der Waals surface area contributed by atoms with Crippen molar-refractivity contribution in [3.05, 3.63) is 29.8 Å². The highest BCUT2D eigenvalue weighted by molar-refractivity contribution is 5.38. The van der Waals surface area contributed by atoms with E-state index < -0.39 is 0 Å². The topological polar surface area (TPSA) is 30.5 Å². The lowest BCUT2D eigenvalue weighted by Crippen LogP contribution is -2.49. The van der Waals surface area contributed by atoms with E-state index in [1.165, 1.54) is 5.56 Å². The maximum Gasteiger partial charge on any atom is 0.124 e. The third-order valence-electron chi connectivity index (χ3n) is 4.05. The maximum atomic E-state index is 6.06. The van der Waals surface area contributed by atoms with Gasteiger partial charge in [-0.25, -0.2) is 0 Å². The molecule has 3 rings (SSSR count). The second kappa shape index (κ2) is 4.50. The summed E-state index contributed by atoms with van der Waals surface area (Å²) in [7, 11) is 0. The molecular formula is C16H23NO2. The first-order chi connectivity index (χ1) is 8.98. The Bertz CT molecular complexity index is 466. The molecule has 3 nitrogen and oxygen atoms in total. The summed E-state index contributed by atoms with van der Waals surface area (Å²) < 4.78 is 11.4. The van der Waals surface area contributed by atoms with E-state index in [2.05, 4.69) is 44.3 Å². The Kier molecular flexibility index (Phi) is 3.06. The Morgan fingerprint density at radius 3 is 2.63 bits per heavy atom. The smallest absolute Gasteiger partial charge is 0.124 e. The molecule has 1 unspecified atom stereocenters. The molecule has 0 bridgehead atoms. The van der Waals surface area contributed by atoms with E-state index in [4.69, 9.17) is 9.47 Å². The van der Waals surface area contributed by atoms with Gasteiger partial charge in [-0.1, -0.05) is 25.1 Å². The van der Waals surface area contributed by atoms with Gasteiger partial charge in [-0.2, -0.15) is 0 Å². The van der Waals surface area contributed by atoms with Crippen LogP contribution in [0.1, 0.15) is 38.8 Å². The van der Waals surface area contributed by atoms with Gasteiger partial charge in [0.1, 0.15) is 11.4 Å². The van der Waals surface area contributed by atoms with Crippen LogP contribution in [0.3, 0.4) is 0 Å². The van der Waals surface area contributed by atoms with Crippen molar-refractivity contribution in [2.75, 3.05) is 19.8 Å². The Morgan fingerprint density at radius 1 is 1.21 bits per heavy atom. The van der Waals surface area contributed by atoms with Crippen LogP contribution in [0.5, 0.6) is 5.75 Å². The minimum atomic E-state index is -0.108. The molecule has 2 aliphatic heterocycles. The minimum Gasteiger partial charge on any atom is -0.487 e. The molecule has 1 fully saturated rings. The van der Waals surface area contributed by atoms with Crippen molar-refractivity contribution in [1.82, 2.24) is 5.32 Å². The average molecular weight is 261 g/mol. The summed E-state index contributed by atoms with van der Waals surface area (Å²) in [5, 5.41) is 3.72. The lowest BCUT2D eigenvalue weighted by atomic mass is 9.86. The van der Waals surface area contributed by atoms with E-state index in [1.54, 1.807) is 0 Å². The monoisotopic (exact) mass is 261 g/mol. The van der Waals surface area contributed by atoms with Gasteiger partial charge in [-0.05, 0) is 19.9 Å². The molecule has 1 aromatic carbocycles. The molecular weight excluding hydrogens is 238 g/mol. The zero-order chi connectivity index (χ0) is 13.5. The van der Waals surface area contributed by atoms with Crippen LogP contribution in [0.15, 0.2) is 24.3 Å². The first-order valence-electron chi connectivity index (χ1n) is 7.07. The van der Waals surface area contributed by atoms with Crippen molar-refractivity contribution in [3.8, 4) is 5.75 Å². The molecule has 104 valence electrons. The van der Waals surface area contributed by atoms with Gasteiger partial charge in [0.2, 0.25) is 0 Å². The van der Waals surface area contributed by atoms with E-state index in [-0.39, 0.29) is 5.60 Å². The fourth-order valence-electron chi connectivity index (χ4n) is 2.91. The molecule has 1 aromatic rings. The van der Waals surface area contributed by atoms with Crippen LogP contribution < -0.4 is 10.1 Å². The molecule has 0 aromatic heterocycles. The van der Waals surface area contributed by atoms with Crippen molar-refractivity contribution < 1.29 is 9.47 Å². The predicted octanol–water partition coefficient (Wildman–Crippen LogP) is 2.91. The van der Waals surface area contributed by atoms with Crippen LogP contribution in [0.2, 0.25) is 0 Å². The van der Waals surface area contributed by atoms with Crippen molar-refractivity contribution in [2.45, 2.75) is 38.8 Å². The average Bonchev–Trinajstić information content (AvgIpc) is 2.32. The first kappa shape index (κ1) is 12.9. The number of ether oxygens (including phenoxy) is 2. The molecule has 0 saturated carbocycles. The summed E-state index contributed by atoms with van der Waals surface area (Å²) in [4.78, 5) is 0. The second-order valence-corrected chi connectivity index (χ2v) is 6.84. The van der Waals surface area contributed by atoms with Gasteiger partial charge in [0.25, 0.3) is 0 Å². The van der Waals surface area contributed by atoms with E-state index >= 15 is 0 Å². The minimum absolute atomic E-state index is 0.108. The third kappa shape index (κ3) is 2.63. The standard InChI is InChI=1S/C16H23NO2/c1-15(2)8-13(17-9-16(3)10-18-11-16)12-6-4-5-7-14(12)19-15/h4-7,13,17H,8-11H2,1-3H3. The van der Waals surface area contributed by atoms with Crippen LogP contribution in [0.25, 0.3) is 0 Å². The van der Waals surface area contributed by atoms with Gasteiger partial charge in [0.15, 0.2) is 0 Å². The molecule has 0 aliphatic carbocycles. The third-order valence-corrected chi connectivity index (χ3v) is 4.05. The number of nitrogens with one attached hydrogen (secondary N) is 1. The molecule has 1 N–H and O–H groups in total. The number of para-hydroxylation sites is 1. The lowest BCUT2D eigenvalue weighted by molar-refractivity contribution is -0.101. The van der Waals surface area contributed by atoms with E-state index in [0.29, 0.717) is 11.5 Å². The van der Waals surface area contributed by atoms with Crippen LogP contribution >= 0.6 is 0 Å². The summed E-state index contributed by atoms with van der Waals surface area (Å²) in [5.41, 5.74) is 1.48. The highest BCUT2D eigenvalue weighted by atomic mass is 16.5. The molecule has 2 heterocycles. The molecule has 19 heavy (non-hydrogen) atoms. The van der Waals surface area contributed by atoms with Gasteiger partial charge < -0.3 is 14.8 Å². The molecule has 0 spiro atoms. The molecule has 0 radical (unpaired) electrons. The maximum absolute atomic E-state index is 6.06. The Morgan fingerprint density at radius 2 is 1.95 bits per heavy atom. The van der Waals surface area contributed by atoms with Gasteiger partial charge in [0.05, 0.1) is 13.2 Å². The summed E-state index contributed by atoms with van der Waals surface area (Å²) in [6.07, 6.45) is 1.00. The summed E-state index contributed by atoms with van der Waals surface area (Å²) in [6, 6.07) is 8.74. The van der Waals surface area contributed by atoms with Crippen molar-refractivity contribution in [3.63, 3.8) is 0 Å². The summed E-state index contributed by atoms with van der Waals surface area (Å²) >= 11 is 0. The molecule has 2 aliphatic rings. The van der Waals surface area contributed by atoms with Gasteiger partial charge in [0, 0.05) is 30.0 Å². The molecule has 0 amide bonds. The zero-order valence-corrected chi connectivity index (χ0v) is 12.0. The quantitative estimate of drug-likeness (QED) is 0.907. The predicted molar refractivity (Wildman–Crippen MR) is 75.4 cm³/mol. The Balaban J connectivity index is 1.76. The van der Waals surface area contributed by atoms with Gasteiger partial charge in [-0.3, -0.25) is 0 Å². The summed E-state index contributed by atoms with van der Waals surface area (Å²) in [5.74, 6) is 1.02. The van der Waals surface area contributed by atoms with E-state index in [9.17, 15) is 0 Å². The largest absolute Gasteiger partial charge is 0.487 e. The number of hydrogen-bond donors (Lipinski definition) is 1. The Labute approximate surface area is 115 Å². The molecule has 1 atom stereocenters. The normalized spacial score (nSPS) is 27.0. The zero-order valence-electron chi connectivity index (χ0n) is 12.0. The number of hydrogen-bond acceptors (Lipinski definition) is 3. The van der Waals surface area contributed by atoms with Crippen LogP contribution in [-0.4, -0.2) is 25.4 Å². The number of benzene rings is 1. The highest BCUT2D eigenvalue weighted by Gasteiger charge is 2.37. The van der Waals surface area contributed by atoms with Crippen molar-refractivity contribution in [2.24, 2.45) is 5.41 Å². The number of rotatable bonds is 3. The number of fused-ring (bicyclic) bond motifs is 1. The van der Waals surface area contributed by atoms with E-state index in [1.807, 2.05) is 6.07 Å². The highest BCUT2D eigenvalue weighted by Crippen LogP contribution is 2.39. The summed E-state index contributed by atoms with van der Waals surface area (Å²) in [6.45, 7) is 9.34. The second-order valence-electron chi connectivity index (χ2n) is 6.84. The fourth-order valence-corrected chi connectivity index (χ4v) is 2.91. The Hall–Kier alpha value is -1.06. The van der Waals surface area contributed by atoms with Crippen molar-refractivity contribution in [1.29, 1.82) is 0 Å². The van der Waals surface area contributed by atoms with Gasteiger partial charge >= 0.3 is 0 Å². The van der Waals surface area contributed by atoms with E-state index in [0.717, 1.165) is 31.9 Å². The SMILES string of the molecule is CC1(CNC2CC(C)(C)Oc3ccccc32)COC1. The van der Waals surface area contributed by atoms with Crippen LogP contribution in [0.4, 0.5) is 0 Å². The first-order valence-corrected chi connectivity index (χ1v) is 7.07. The lowest BCUT2D eigenvalue weighted by Gasteiger charge is -2.42. The van der Waals surface area contributed by atoms with Crippen LogP contribution in [0, 0.1) is 5.41 Å².